The van der Waals surface area contributed by atoms with Crippen molar-refractivity contribution < 1.29 is 4.39 Å². The van der Waals surface area contributed by atoms with E-state index in [2.05, 4.69) is 16.7 Å². The van der Waals surface area contributed by atoms with Crippen LogP contribution in [0.4, 0.5) is 4.39 Å². The molecule has 1 unspecified atom stereocenters. The van der Waals surface area contributed by atoms with Gasteiger partial charge >= 0.3 is 0 Å². The molecule has 0 aliphatic carbocycles. The minimum Gasteiger partial charge on any atom is -0.303 e. The molecule has 0 radical (unpaired) electrons. The smallest absolute Gasteiger partial charge is 0.123 e. The molecular weight excluding hydrogens is 287 g/mol. The number of hydrogen-bond acceptors (Lipinski definition) is 2. The number of piperidine rings is 2. The molecule has 23 heavy (non-hydrogen) atoms. The van der Waals surface area contributed by atoms with E-state index in [1.807, 2.05) is 12.1 Å². The van der Waals surface area contributed by atoms with Crippen LogP contribution in [-0.2, 0) is 6.42 Å². The first kappa shape index (κ1) is 16.9. The van der Waals surface area contributed by atoms with Crippen LogP contribution in [0.15, 0.2) is 24.3 Å². The van der Waals surface area contributed by atoms with Crippen molar-refractivity contribution in [3.05, 3.63) is 35.6 Å². The third kappa shape index (κ3) is 5.02. The number of nitrogens with zero attached hydrogens (tertiary/aromatic N) is 2. The summed E-state index contributed by atoms with van der Waals surface area (Å²) in [7, 11) is 0. The second-order valence-corrected chi connectivity index (χ2v) is 7.50. The second kappa shape index (κ2) is 8.25. The normalized spacial score (nSPS) is 27.2. The molecule has 2 aliphatic rings. The lowest BCUT2D eigenvalue weighted by atomic mass is 9.90. The first-order valence-corrected chi connectivity index (χ1v) is 9.42. The van der Waals surface area contributed by atoms with Crippen molar-refractivity contribution in [2.45, 2.75) is 39.0 Å². The number of benzene rings is 1. The summed E-state index contributed by atoms with van der Waals surface area (Å²) in [5.74, 6) is 1.46. The van der Waals surface area contributed by atoms with Gasteiger partial charge in [-0.3, -0.25) is 0 Å². The summed E-state index contributed by atoms with van der Waals surface area (Å²) in [5.41, 5.74) is 1.29. The van der Waals surface area contributed by atoms with E-state index in [1.54, 1.807) is 12.1 Å². The third-order valence-electron chi connectivity index (χ3n) is 5.61. The van der Waals surface area contributed by atoms with Gasteiger partial charge in [-0.1, -0.05) is 19.1 Å². The molecule has 2 heterocycles. The monoisotopic (exact) mass is 318 g/mol. The van der Waals surface area contributed by atoms with Crippen LogP contribution < -0.4 is 0 Å². The zero-order chi connectivity index (χ0) is 16.1. The van der Waals surface area contributed by atoms with Crippen LogP contribution in [0.3, 0.4) is 0 Å². The molecule has 1 aromatic rings. The van der Waals surface area contributed by atoms with E-state index in [0.29, 0.717) is 0 Å². The molecule has 2 aliphatic heterocycles. The first-order chi connectivity index (χ1) is 11.2. The lowest BCUT2D eigenvalue weighted by molar-refractivity contribution is 0.107. The minimum atomic E-state index is -0.128. The molecule has 2 fully saturated rings. The topological polar surface area (TPSA) is 6.48 Å². The summed E-state index contributed by atoms with van der Waals surface area (Å²) < 4.78 is 13.0. The Morgan fingerprint density at radius 2 is 1.61 bits per heavy atom. The van der Waals surface area contributed by atoms with Crippen LogP contribution in [0.2, 0.25) is 0 Å². The quantitative estimate of drug-likeness (QED) is 0.814. The van der Waals surface area contributed by atoms with Crippen molar-refractivity contribution >= 4 is 0 Å². The SMILES string of the molecule is CCN1CCCC(CN2CCC[C@@H](Cc3ccc(F)cc3)C2)C1. The molecule has 128 valence electrons. The highest BCUT2D eigenvalue weighted by molar-refractivity contribution is 5.16. The summed E-state index contributed by atoms with van der Waals surface area (Å²) in [6.45, 7) is 9.82. The maximum atomic E-state index is 13.0. The molecular formula is C20H31FN2. The van der Waals surface area contributed by atoms with Crippen molar-refractivity contribution in [3.63, 3.8) is 0 Å². The largest absolute Gasteiger partial charge is 0.303 e. The van der Waals surface area contributed by atoms with Crippen molar-refractivity contribution in [3.8, 4) is 0 Å². The standard InChI is InChI=1S/C20H31FN2/c1-2-22-11-4-6-19(15-22)16-23-12-3-5-18(14-23)13-17-7-9-20(21)10-8-17/h7-10,18-19H,2-6,11-16H2,1H3/t18-,19?/m0/s1. The Balaban J connectivity index is 1.48. The molecule has 2 atom stereocenters. The Morgan fingerprint density at radius 1 is 0.957 bits per heavy atom. The van der Waals surface area contributed by atoms with Gasteiger partial charge in [0, 0.05) is 19.6 Å². The van der Waals surface area contributed by atoms with Gasteiger partial charge in [0.05, 0.1) is 0 Å². The summed E-state index contributed by atoms with van der Waals surface area (Å²) in [4.78, 5) is 5.30. The summed E-state index contributed by atoms with van der Waals surface area (Å²) in [5, 5.41) is 0. The van der Waals surface area contributed by atoms with Gasteiger partial charge in [-0.25, -0.2) is 4.39 Å². The maximum absolute atomic E-state index is 13.0. The van der Waals surface area contributed by atoms with Gasteiger partial charge in [0.1, 0.15) is 5.82 Å². The molecule has 3 heteroatoms. The van der Waals surface area contributed by atoms with Crippen LogP contribution >= 0.6 is 0 Å². The van der Waals surface area contributed by atoms with Gasteiger partial charge in [0.15, 0.2) is 0 Å². The van der Waals surface area contributed by atoms with Gasteiger partial charge < -0.3 is 9.80 Å². The highest BCUT2D eigenvalue weighted by atomic mass is 19.1. The predicted molar refractivity (Wildman–Crippen MR) is 94.1 cm³/mol. The van der Waals surface area contributed by atoms with E-state index in [4.69, 9.17) is 0 Å². The minimum absolute atomic E-state index is 0.128. The number of halogens is 1. The van der Waals surface area contributed by atoms with E-state index in [9.17, 15) is 4.39 Å². The Labute approximate surface area is 140 Å². The number of likely N-dealkylation sites (tertiary alicyclic amines) is 2. The van der Waals surface area contributed by atoms with Crippen molar-refractivity contribution in [2.75, 3.05) is 39.3 Å². The Hall–Kier alpha value is -0.930. The molecule has 2 nitrogen and oxygen atoms in total. The zero-order valence-electron chi connectivity index (χ0n) is 14.5. The second-order valence-electron chi connectivity index (χ2n) is 7.50. The van der Waals surface area contributed by atoms with Crippen molar-refractivity contribution in [1.82, 2.24) is 9.80 Å². The van der Waals surface area contributed by atoms with E-state index in [0.717, 1.165) is 18.3 Å². The molecule has 0 N–H and O–H groups in total. The molecule has 0 bridgehead atoms. The third-order valence-corrected chi connectivity index (χ3v) is 5.61. The molecule has 3 rings (SSSR count). The van der Waals surface area contributed by atoms with Crippen LogP contribution in [0.5, 0.6) is 0 Å². The molecule has 1 aromatic carbocycles. The average molecular weight is 318 g/mol. The molecule has 2 saturated heterocycles. The first-order valence-electron chi connectivity index (χ1n) is 9.42. The number of hydrogen-bond donors (Lipinski definition) is 0. The Morgan fingerprint density at radius 3 is 2.35 bits per heavy atom. The van der Waals surface area contributed by atoms with Crippen LogP contribution in [0, 0.1) is 17.7 Å². The van der Waals surface area contributed by atoms with Crippen LogP contribution in [0.25, 0.3) is 0 Å². The van der Waals surface area contributed by atoms with E-state index in [-0.39, 0.29) is 5.82 Å². The lowest BCUT2D eigenvalue weighted by Crippen LogP contribution is -2.44. The van der Waals surface area contributed by atoms with Crippen molar-refractivity contribution in [1.29, 1.82) is 0 Å². The molecule has 0 spiro atoms. The zero-order valence-corrected chi connectivity index (χ0v) is 14.5. The fraction of sp³-hybridized carbons (Fsp3) is 0.700. The fourth-order valence-electron chi connectivity index (χ4n) is 4.39. The predicted octanol–water partition coefficient (Wildman–Crippen LogP) is 3.81. The van der Waals surface area contributed by atoms with E-state index in [1.165, 1.54) is 70.5 Å². The average Bonchev–Trinajstić information content (AvgIpc) is 2.57. The lowest BCUT2D eigenvalue weighted by Gasteiger charge is -2.38. The summed E-state index contributed by atoms with van der Waals surface area (Å²) in [6, 6.07) is 7.09. The maximum Gasteiger partial charge on any atom is 0.123 e. The Bertz CT molecular complexity index is 473. The van der Waals surface area contributed by atoms with Crippen molar-refractivity contribution in [2.24, 2.45) is 11.8 Å². The van der Waals surface area contributed by atoms with Gasteiger partial charge in [-0.05, 0) is 81.3 Å². The molecule has 0 saturated carbocycles. The van der Waals surface area contributed by atoms with Crippen LogP contribution in [0.1, 0.15) is 38.2 Å². The van der Waals surface area contributed by atoms with Gasteiger partial charge in [-0.2, -0.15) is 0 Å². The van der Waals surface area contributed by atoms with Gasteiger partial charge in [0.25, 0.3) is 0 Å². The summed E-state index contributed by atoms with van der Waals surface area (Å²) >= 11 is 0. The summed E-state index contributed by atoms with van der Waals surface area (Å²) in [6.07, 6.45) is 6.50. The Kier molecular flexibility index (Phi) is 6.07. The fourth-order valence-corrected chi connectivity index (χ4v) is 4.39. The van der Waals surface area contributed by atoms with Gasteiger partial charge in [0.2, 0.25) is 0 Å². The van der Waals surface area contributed by atoms with E-state index < -0.39 is 0 Å². The van der Waals surface area contributed by atoms with Crippen LogP contribution in [-0.4, -0.2) is 49.1 Å². The van der Waals surface area contributed by atoms with E-state index >= 15 is 0 Å². The number of rotatable bonds is 5. The molecule has 0 aromatic heterocycles. The molecule has 0 amide bonds. The highest BCUT2D eigenvalue weighted by Crippen LogP contribution is 2.24. The highest BCUT2D eigenvalue weighted by Gasteiger charge is 2.25. The van der Waals surface area contributed by atoms with Gasteiger partial charge in [-0.15, -0.1) is 0 Å².